The summed E-state index contributed by atoms with van der Waals surface area (Å²) >= 11 is 0. The average Bonchev–Trinajstić information content (AvgIpc) is 2.43. The van der Waals surface area contributed by atoms with Gasteiger partial charge in [-0.2, -0.15) is 0 Å². The monoisotopic (exact) mass is 314 g/mol. The third kappa shape index (κ3) is 6.24. The molecule has 0 aliphatic rings. The van der Waals surface area contributed by atoms with Gasteiger partial charge in [-0.25, -0.2) is 13.1 Å². The van der Waals surface area contributed by atoms with Gasteiger partial charge in [-0.1, -0.05) is 30.3 Å². The molecule has 1 atom stereocenters. The van der Waals surface area contributed by atoms with Gasteiger partial charge in [0.1, 0.15) is 0 Å². The van der Waals surface area contributed by atoms with Crippen LogP contribution in [0.15, 0.2) is 30.3 Å². The minimum atomic E-state index is -3.78. The van der Waals surface area contributed by atoms with Gasteiger partial charge in [-0.05, 0) is 32.5 Å². The molecule has 7 heteroatoms. The first-order chi connectivity index (χ1) is 9.83. The van der Waals surface area contributed by atoms with E-state index in [1.807, 2.05) is 37.4 Å². The molecule has 21 heavy (non-hydrogen) atoms. The summed E-state index contributed by atoms with van der Waals surface area (Å²) < 4.78 is 25.5. The summed E-state index contributed by atoms with van der Waals surface area (Å²) in [7, 11) is -1.82. The molecule has 0 fully saturated rings. The molecule has 0 heterocycles. The first-order valence-electron chi connectivity index (χ1n) is 6.76. The molecule has 1 rings (SSSR count). The highest BCUT2D eigenvalue weighted by atomic mass is 32.2. The number of hydrogen-bond acceptors (Lipinski definition) is 4. The summed E-state index contributed by atoms with van der Waals surface area (Å²) in [5, 5.41) is 7.27. The van der Waals surface area contributed by atoms with Crippen molar-refractivity contribution in [3.05, 3.63) is 35.9 Å². The Kier molecular flexibility index (Phi) is 6.80. The van der Waals surface area contributed by atoms with Crippen molar-refractivity contribution < 1.29 is 18.3 Å². The number of carboxylic acids is 1. The molecule has 0 aliphatic heterocycles. The smallest absolute Gasteiger partial charge is 0.323 e. The van der Waals surface area contributed by atoms with E-state index in [4.69, 9.17) is 5.11 Å². The largest absolute Gasteiger partial charge is 0.480 e. The van der Waals surface area contributed by atoms with Crippen LogP contribution in [0.4, 0.5) is 0 Å². The molecule has 0 amide bonds. The van der Waals surface area contributed by atoms with E-state index in [2.05, 4.69) is 9.62 Å². The lowest BCUT2D eigenvalue weighted by Crippen LogP contribution is -2.38. The maximum Gasteiger partial charge on any atom is 0.323 e. The summed E-state index contributed by atoms with van der Waals surface area (Å²) in [6, 6.07) is 9.98. The Hall–Kier alpha value is -1.44. The summed E-state index contributed by atoms with van der Waals surface area (Å²) in [6.45, 7) is 2.91. The number of rotatable bonds is 9. The van der Waals surface area contributed by atoms with E-state index >= 15 is 0 Å². The van der Waals surface area contributed by atoms with E-state index < -0.39 is 21.2 Å². The molecule has 6 nitrogen and oxygen atoms in total. The SMILES string of the molecule is CC(C(=O)O)S(=O)(=O)NCCCN(C)Cc1ccccc1. The summed E-state index contributed by atoms with van der Waals surface area (Å²) in [5.41, 5.74) is 1.19. The van der Waals surface area contributed by atoms with Crippen LogP contribution < -0.4 is 4.72 Å². The number of benzene rings is 1. The van der Waals surface area contributed by atoms with Crippen LogP contribution in [0.3, 0.4) is 0 Å². The fourth-order valence-corrected chi connectivity index (χ4v) is 2.74. The predicted molar refractivity (Wildman–Crippen MR) is 81.4 cm³/mol. The highest BCUT2D eigenvalue weighted by Gasteiger charge is 2.26. The third-order valence-corrected chi connectivity index (χ3v) is 4.87. The highest BCUT2D eigenvalue weighted by Crippen LogP contribution is 2.03. The van der Waals surface area contributed by atoms with E-state index in [9.17, 15) is 13.2 Å². The molecule has 0 saturated carbocycles. The Morgan fingerprint density at radius 2 is 1.95 bits per heavy atom. The molecule has 2 N–H and O–H groups in total. The van der Waals surface area contributed by atoms with Crippen molar-refractivity contribution in [2.75, 3.05) is 20.1 Å². The Labute approximate surface area is 125 Å². The normalized spacial score (nSPS) is 13.3. The highest BCUT2D eigenvalue weighted by molar-refractivity contribution is 7.90. The molecule has 0 aliphatic carbocycles. The number of carbonyl (C=O) groups is 1. The van der Waals surface area contributed by atoms with E-state index in [1.165, 1.54) is 5.56 Å². The lowest BCUT2D eigenvalue weighted by atomic mass is 10.2. The van der Waals surface area contributed by atoms with Gasteiger partial charge >= 0.3 is 5.97 Å². The van der Waals surface area contributed by atoms with Gasteiger partial charge in [0.15, 0.2) is 5.25 Å². The number of carboxylic acid groups (broad SMARTS) is 1. The maximum atomic E-state index is 11.6. The Balaban J connectivity index is 2.29. The zero-order valence-corrected chi connectivity index (χ0v) is 13.1. The van der Waals surface area contributed by atoms with Gasteiger partial charge in [0, 0.05) is 13.1 Å². The summed E-state index contributed by atoms with van der Waals surface area (Å²) in [4.78, 5) is 12.8. The van der Waals surface area contributed by atoms with Crippen molar-refractivity contribution in [3.63, 3.8) is 0 Å². The van der Waals surface area contributed by atoms with Crippen LogP contribution in [0.1, 0.15) is 18.9 Å². The van der Waals surface area contributed by atoms with Gasteiger partial charge in [0.05, 0.1) is 0 Å². The zero-order chi connectivity index (χ0) is 15.9. The van der Waals surface area contributed by atoms with E-state index in [0.717, 1.165) is 20.0 Å². The fourth-order valence-electron chi connectivity index (χ4n) is 1.80. The van der Waals surface area contributed by atoms with Crippen molar-refractivity contribution in [2.24, 2.45) is 0 Å². The van der Waals surface area contributed by atoms with E-state index in [1.54, 1.807) is 0 Å². The van der Waals surface area contributed by atoms with Crippen LogP contribution in [0.2, 0.25) is 0 Å². The number of sulfonamides is 1. The number of nitrogens with zero attached hydrogens (tertiary/aromatic N) is 1. The molecule has 0 bridgehead atoms. The van der Waals surface area contributed by atoms with E-state index in [0.29, 0.717) is 6.42 Å². The fraction of sp³-hybridized carbons (Fsp3) is 0.500. The summed E-state index contributed by atoms with van der Waals surface area (Å²) in [5.74, 6) is -1.34. The van der Waals surface area contributed by atoms with Crippen LogP contribution in [0.5, 0.6) is 0 Å². The molecule has 0 aromatic heterocycles. The molecule has 0 saturated heterocycles. The number of aliphatic carboxylic acids is 1. The molecular weight excluding hydrogens is 292 g/mol. The second kappa shape index (κ2) is 8.11. The van der Waals surface area contributed by atoms with Crippen molar-refractivity contribution in [1.29, 1.82) is 0 Å². The Morgan fingerprint density at radius 1 is 1.33 bits per heavy atom. The molecule has 0 radical (unpaired) electrons. The van der Waals surface area contributed by atoms with Gasteiger partial charge in [0.25, 0.3) is 0 Å². The van der Waals surface area contributed by atoms with Gasteiger partial charge in [-0.3, -0.25) is 4.79 Å². The minimum Gasteiger partial charge on any atom is -0.480 e. The first kappa shape index (κ1) is 17.6. The minimum absolute atomic E-state index is 0.235. The van der Waals surface area contributed by atoms with Gasteiger partial charge in [-0.15, -0.1) is 0 Å². The molecule has 1 aromatic rings. The quantitative estimate of drug-likeness (QED) is 0.661. The Morgan fingerprint density at radius 3 is 2.52 bits per heavy atom. The molecule has 1 aromatic carbocycles. The van der Waals surface area contributed by atoms with Crippen molar-refractivity contribution >= 4 is 16.0 Å². The lowest BCUT2D eigenvalue weighted by molar-refractivity contribution is -0.136. The standard InChI is InChI=1S/C14H22N2O4S/c1-12(14(17)18)21(19,20)15-9-6-10-16(2)11-13-7-4-3-5-8-13/h3-5,7-8,12,15H,6,9-11H2,1-2H3,(H,17,18). The first-order valence-corrected chi connectivity index (χ1v) is 8.31. The average molecular weight is 314 g/mol. The van der Waals surface area contributed by atoms with Crippen LogP contribution >= 0.6 is 0 Å². The van der Waals surface area contributed by atoms with Crippen LogP contribution in [0.25, 0.3) is 0 Å². The van der Waals surface area contributed by atoms with Crippen molar-refractivity contribution in [3.8, 4) is 0 Å². The number of hydrogen-bond donors (Lipinski definition) is 2. The molecule has 1 unspecified atom stereocenters. The van der Waals surface area contributed by atoms with Gasteiger partial charge < -0.3 is 10.0 Å². The van der Waals surface area contributed by atoms with Gasteiger partial charge in [0.2, 0.25) is 10.0 Å². The molecular formula is C14H22N2O4S. The second-order valence-corrected chi connectivity index (χ2v) is 7.08. The lowest BCUT2D eigenvalue weighted by Gasteiger charge is -2.17. The van der Waals surface area contributed by atoms with Crippen LogP contribution in [-0.2, 0) is 21.4 Å². The molecule has 0 spiro atoms. The van der Waals surface area contributed by atoms with Crippen molar-refractivity contribution in [2.45, 2.75) is 25.1 Å². The molecule has 118 valence electrons. The number of nitrogens with one attached hydrogen (secondary N) is 1. The maximum absolute atomic E-state index is 11.6. The van der Waals surface area contributed by atoms with Crippen LogP contribution in [-0.4, -0.2) is 49.8 Å². The predicted octanol–water partition coefficient (Wildman–Crippen LogP) is 0.901. The third-order valence-electron chi connectivity index (χ3n) is 3.13. The Bertz CT molecular complexity index is 545. The topological polar surface area (TPSA) is 86.7 Å². The zero-order valence-electron chi connectivity index (χ0n) is 12.3. The second-order valence-electron chi connectivity index (χ2n) is 5.00. The summed E-state index contributed by atoms with van der Waals surface area (Å²) in [6.07, 6.45) is 0.620. The van der Waals surface area contributed by atoms with Crippen molar-refractivity contribution in [1.82, 2.24) is 9.62 Å². The van der Waals surface area contributed by atoms with E-state index in [-0.39, 0.29) is 6.54 Å². The van der Waals surface area contributed by atoms with Crippen LogP contribution in [0, 0.1) is 0 Å².